The molecular weight excluding hydrogens is 384 g/mol. The van der Waals surface area contributed by atoms with E-state index in [0.29, 0.717) is 22.2 Å². The van der Waals surface area contributed by atoms with Gasteiger partial charge >= 0.3 is 0 Å². The molecule has 1 aliphatic rings. The summed E-state index contributed by atoms with van der Waals surface area (Å²) in [5, 5.41) is 3.40. The molecule has 1 atom stereocenters. The maximum atomic E-state index is 12.4. The van der Waals surface area contributed by atoms with Crippen LogP contribution in [0.25, 0.3) is 0 Å². The van der Waals surface area contributed by atoms with Gasteiger partial charge in [0.25, 0.3) is 11.8 Å². The van der Waals surface area contributed by atoms with Crippen molar-refractivity contribution in [1.82, 2.24) is 0 Å². The third kappa shape index (κ3) is 4.99. The fourth-order valence-corrected chi connectivity index (χ4v) is 5.16. The lowest BCUT2D eigenvalue weighted by Crippen LogP contribution is -2.27. The van der Waals surface area contributed by atoms with Gasteiger partial charge in [0.2, 0.25) is 0 Å². The van der Waals surface area contributed by atoms with Gasteiger partial charge in [0, 0.05) is 4.88 Å². The summed E-state index contributed by atoms with van der Waals surface area (Å²) >= 11 is 1.48. The van der Waals surface area contributed by atoms with Gasteiger partial charge in [-0.15, -0.1) is 11.3 Å². The molecule has 1 heterocycles. The molecular formula is C23H30N2O3S. The lowest BCUT2D eigenvalue weighted by Gasteiger charge is -2.33. The Kier molecular flexibility index (Phi) is 6.32. The van der Waals surface area contributed by atoms with Crippen LogP contribution in [0.5, 0.6) is 5.75 Å². The number of ether oxygens (including phenoxy) is 1. The number of primary amides is 1. The second-order valence-corrected chi connectivity index (χ2v) is 9.82. The Hall–Kier alpha value is -2.34. The van der Waals surface area contributed by atoms with Crippen LogP contribution in [0.15, 0.2) is 24.3 Å². The third-order valence-corrected chi connectivity index (χ3v) is 6.86. The normalized spacial score (nSPS) is 16.2. The quantitative estimate of drug-likeness (QED) is 0.726. The van der Waals surface area contributed by atoms with Gasteiger partial charge in [-0.2, -0.15) is 0 Å². The van der Waals surface area contributed by atoms with Crippen molar-refractivity contribution in [2.75, 3.05) is 11.9 Å². The highest BCUT2D eigenvalue weighted by atomic mass is 32.1. The topological polar surface area (TPSA) is 81.4 Å². The van der Waals surface area contributed by atoms with Gasteiger partial charge in [-0.3, -0.25) is 9.59 Å². The predicted octanol–water partition coefficient (Wildman–Crippen LogP) is 4.58. The van der Waals surface area contributed by atoms with E-state index in [1.807, 2.05) is 24.3 Å². The summed E-state index contributed by atoms with van der Waals surface area (Å²) in [5.74, 6) is 0.416. The van der Waals surface area contributed by atoms with Gasteiger partial charge in [-0.05, 0) is 60.3 Å². The van der Waals surface area contributed by atoms with Gasteiger partial charge in [0.15, 0.2) is 6.61 Å². The molecule has 0 saturated heterocycles. The first-order chi connectivity index (χ1) is 13.7. The van der Waals surface area contributed by atoms with Gasteiger partial charge in [0.05, 0.1) is 5.56 Å². The molecule has 0 fully saturated rings. The lowest BCUT2D eigenvalue weighted by molar-refractivity contribution is -0.118. The van der Waals surface area contributed by atoms with Crippen molar-refractivity contribution < 1.29 is 14.3 Å². The summed E-state index contributed by atoms with van der Waals surface area (Å²) in [4.78, 5) is 25.7. The van der Waals surface area contributed by atoms with Crippen molar-refractivity contribution >= 4 is 28.2 Å². The first-order valence-corrected chi connectivity index (χ1v) is 11.0. The van der Waals surface area contributed by atoms with Crippen molar-refractivity contribution in [1.29, 1.82) is 0 Å². The van der Waals surface area contributed by atoms with Crippen molar-refractivity contribution in [3.8, 4) is 5.75 Å². The van der Waals surface area contributed by atoms with Crippen LogP contribution in [0.1, 0.15) is 60.5 Å². The maximum absolute atomic E-state index is 12.4. The second kappa shape index (κ2) is 8.57. The highest BCUT2D eigenvalue weighted by molar-refractivity contribution is 7.17. The average Bonchev–Trinajstić information content (AvgIpc) is 3.03. The number of nitrogens with one attached hydrogen (secondary N) is 1. The van der Waals surface area contributed by atoms with Crippen LogP contribution in [0.3, 0.4) is 0 Å². The van der Waals surface area contributed by atoms with Gasteiger partial charge < -0.3 is 15.8 Å². The lowest BCUT2D eigenvalue weighted by atomic mass is 9.72. The molecule has 6 heteroatoms. The van der Waals surface area contributed by atoms with Crippen LogP contribution in [0.2, 0.25) is 0 Å². The Bertz CT molecular complexity index is 894. The minimum Gasteiger partial charge on any atom is -0.484 e. The Labute approximate surface area is 176 Å². The fraction of sp³-hybridized carbons (Fsp3) is 0.478. The number of fused-ring (bicyclic) bond motifs is 1. The number of carbonyl (C=O) groups is 2. The number of hydrogen-bond acceptors (Lipinski definition) is 4. The van der Waals surface area contributed by atoms with E-state index < -0.39 is 5.91 Å². The minimum absolute atomic E-state index is 0.114. The Morgan fingerprint density at radius 1 is 1.24 bits per heavy atom. The zero-order valence-corrected chi connectivity index (χ0v) is 18.4. The molecule has 0 bridgehead atoms. The van der Waals surface area contributed by atoms with E-state index in [1.54, 1.807) is 0 Å². The largest absolute Gasteiger partial charge is 0.484 e. The number of anilines is 1. The molecule has 0 saturated carbocycles. The minimum atomic E-state index is -0.483. The molecule has 0 aliphatic heterocycles. The highest BCUT2D eigenvalue weighted by Crippen LogP contribution is 2.44. The summed E-state index contributed by atoms with van der Waals surface area (Å²) in [6, 6.07) is 7.68. The van der Waals surface area contributed by atoms with E-state index in [1.165, 1.54) is 16.9 Å². The number of benzene rings is 1. The first kappa shape index (κ1) is 21.4. The summed E-state index contributed by atoms with van der Waals surface area (Å²) in [5.41, 5.74) is 8.56. The van der Waals surface area contributed by atoms with E-state index in [0.717, 1.165) is 36.1 Å². The molecule has 1 aromatic carbocycles. The van der Waals surface area contributed by atoms with E-state index in [9.17, 15) is 9.59 Å². The molecule has 2 amide bonds. The Balaban J connectivity index is 1.70. The van der Waals surface area contributed by atoms with E-state index in [-0.39, 0.29) is 17.9 Å². The number of carbonyl (C=O) groups excluding carboxylic acids is 2. The molecule has 29 heavy (non-hydrogen) atoms. The number of nitrogens with two attached hydrogens (primary N) is 1. The Morgan fingerprint density at radius 2 is 1.93 bits per heavy atom. The Morgan fingerprint density at radius 3 is 2.52 bits per heavy atom. The molecule has 3 rings (SSSR count). The first-order valence-electron chi connectivity index (χ1n) is 10.1. The highest BCUT2D eigenvalue weighted by Gasteiger charge is 2.33. The summed E-state index contributed by atoms with van der Waals surface area (Å²) in [6.07, 6.45) is 3.72. The number of thiophene rings is 1. The molecule has 0 unspecified atom stereocenters. The van der Waals surface area contributed by atoms with Crippen LogP contribution in [-0.2, 0) is 24.1 Å². The van der Waals surface area contributed by atoms with Crippen LogP contribution in [0.4, 0.5) is 5.00 Å². The summed E-state index contributed by atoms with van der Waals surface area (Å²) in [7, 11) is 0. The number of rotatable bonds is 6. The van der Waals surface area contributed by atoms with Crippen LogP contribution >= 0.6 is 11.3 Å². The molecule has 2 aromatic rings. The zero-order chi connectivity index (χ0) is 21.2. The van der Waals surface area contributed by atoms with Crippen molar-refractivity contribution in [3.63, 3.8) is 0 Å². The van der Waals surface area contributed by atoms with Crippen LogP contribution in [-0.4, -0.2) is 18.4 Å². The third-order valence-electron chi connectivity index (χ3n) is 5.69. The molecule has 3 N–H and O–H groups in total. The zero-order valence-electron chi connectivity index (χ0n) is 17.6. The van der Waals surface area contributed by atoms with Gasteiger partial charge in [-0.25, -0.2) is 0 Å². The summed E-state index contributed by atoms with van der Waals surface area (Å²) in [6.45, 7) is 8.72. The standard InChI is InChI=1S/C23H30N2O3S/c1-5-14-6-9-16(10-7-14)28-13-19(26)25-22-20(21(24)27)17-11-8-15(23(2,3)4)12-18(17)29-22/h6-7,9-10,15H,5,8,11-13H2,1-4H3,(H2,24,27)(H,25,26)/t15-/m0/s1. The van der Waals surface area contributed by atoms with Crippen molar-refractivity contribution in [2.45, 2.75) is 53.4 Å². The van der Waals surface area contributed by atoms with Crippen molar-refractivity contribution in [3.05, 3.63) is 45.8 Å². The SMILES string of the molecule is CCc1ccc(OCC(=O)Nc2sc3c(c2C(N)=O)CC[C@H](C(C)(C)C)C3)cc1. The monoisotopic (exact) mass is 414 g/mol. The van der Waals surface area contributed by atoms with E-state index in [2.05, 4.69) is 33.0 Å². The smallest absolute Gasteiger partial charge is 0.262 e. The molecule has 1 aliphatic carbocycles. The molecule has 1 aromatic heterocycles. The molecule has 5 nitrogen and oxygen atoms in total. The average molecular weight is 415 g/mol. The summed E-state index contributed by atoms with van der Waals surface area (Å²) < 4.78 is 5.58. The fourth-order valence-electron chi connectivity index (χ4n) is 3.81. The van der Waals surface area contributed by atoms with Crippen LogP contribution in [0, 0.1) is 11.3 Å². The number of amides is 2. The van der Waals surface area contributed by atoms with Gasteiger partial charge in [-0.1, -0.05) is 39.8 Å². The van der Waals surface area contributed by atoms with E-state index in [4.69, 9.17) is 10.5 Å². The van der Waals surface area contributed by atoms with Gasteiger partial charge in [0.1, 0.15) is 10.8 Å². The molecule has 156 valence electrons. The molecule has 0 spiro atoms. The van der Waals surface area contributed by atoms with Crippen LogP contribution < -0.4 is 15.8 Å². The van der Waals surface area contributed by atoms with Crippen molar-refractivity contribution in [2.24, 2.45) is 17.1 Å². The second-order valence-electron chi connectivity index (χ2n) is 8.71. The number of hydrogen-bond donors (Lipinski definition) is 2. The number of aryl methyl sites for hydroxylation is 1. The van der Waals surface area contributed by atoms with E-state index >= 15 is 0 Å². The predicted molar refractivity (Wildman–Crippen MR) is 118 cm³/mol. The molecule has 0 radical (unpaired) electrons. The maximum Gasteiger partial charge on any atom is 0.262 e.